The summed E-state index contributed by atoms with van der Waals surface area (Å²) >= 11 is 1.59. The summed E-state index contributed by atoms with van der Waals surface area (Å²) in [5.74, 6) is 1.22. The first-order valence-electron chi connectivity index (χ1n) is 6.92. The van der Waals surface area contributed by atoms with Crippen molar-refractivity contribution in [3.8, 4) is 0 Å². The molecule has 0 aliphatic carbocycles. The number of piperidine rings is 1. The molecular weight excluding hydrogens is 298 g/mol. The van der Waals surface area contributed by atoms with E-state index >= 15 is 0 Å². The molecule has 2 heterocycles. The van der Waals surface area contributed by atoms with Gasteiger partial charge in [0, 0.05) is 43.4 Å². The minimum absolute atomic E-state index is 0.0730. The third kappa shape index (κ3) is 4.09. The lowest BCUT2D eigenvalue weighted by atomic mass is 10.1. The van der Waals surface area contributed by atoms with Gasteiger partial charge in [0.05, 0.1) is 6.54 Å². The van der Waals surface area contributed by atoms with Crippen LogP contribution < -0.4 is 5.73 Å². The van der Waals surface area contributed by atoms with Gasteiger partial charge in [-0.25, -0.2) is 8.42 Å². The zero-order valence-electron chi connectivity index (χ0n) is 11.8. The van der Waals surface area contributed by atoms with Crippen molar-refractivity contribution in [3.05, 3.63) is 0 Å². The molecule has 1 atom stereocenters. The molecule has 0 aromatic carbocycles. The van der Waals surface area contributed by atoms with Crippen LogP contribution in [0.2, 0.25) is 0 Å². The van der Waals surface area contributed by atoms with Gasteiger partial charge in [-0.15, -0.1) is 0 Å². The molecule has 20 heavy (non-hydrogen) atoms. The van der Waals surface area contributed by atoms with Gasteiger partial charge in [-0.2, -0.15) is 11.8 Å². The van der Waals surface area contributed by atoms with E-state index in [1.54, 1.807) is 16.7 Å². The lowest BCUT2D eigenvalue weighted by Crippen LogP contribution is -2.53. The van der Waals surface area contributed by atoms with E-state index in [-0.39, 0.29) is 11.9 Å². The second kappa shape index (κ2) is 6.64. The van der Waals surface area contributed by atoms with E-state index in [0.717, 1.165) is 31.7 Å². The Labute approximate surface area is 125 Å². The number of carbonyl (C=O) groups excluding carboxylic acids is 1. The van der Waals surface area contributed by atoms with Crippen LogP contribution in [0.5, 0.6) is 0 Å². The van der Waals surface area contributed by atoms with Crippen LogP contribution in [-0.4, -0.2) is 79.5 Å². The van der Waals surface area contributed by atoms with Crippen molar-refractivity contribution in [1.29, 1.82) is 0 Å². The van der Waals surface area contributed by atoms with Gasteiger partial charge < -0.3 is 10.6 Å². The van der Waals surface area contributed by atoms with E-state index in [1.165, 1.54) is 6.26 Å². The van der Waals surface area contributed by atoms with Gasteiger partial charge in [-0.3, -0.25) is 9.69 Å². The lowest BCUT2D eigenvalue weighted by Gasteiger charge is -2.36. The van der Waals surface area contributed by atoms with E-state index in [2.05, 4.69) is 4.90 Å². The highest BCUT2D eigenvalue weighted by molar-refractivity contribution is 8.00. The molecular formula is C12H23N3O3S2. The summed E-state index contributed by atoms with van der Waals surface area (Å²) in [6.07, 6.45) is 3.01. The highest BCUT2D eigenvalue weighted by atomic mass is 32.2. The summed E-state index contributed by atoms with van der Waals surface area (Å²) in [4.78, 5) is 16.0. The molecule has 116 valence electrons. The maximum atomic E-state index is 12.4. The van der Waals surface area contributed by atoms with E-state index in [4.69, 9.17) is 5.73 Å². The molecule has 0 radical (unpaired) electrons. The zero-order valence-corrected chi connectivity index (χ0v) is 13.5. The van der Waals surface area contributed by atoms with Gasteiger partial charge in [-0.05, 0) is 12.8 Å². The molecule has 0 spiro atoms. The summed E-state index contributed by atoms with van der Waals surface area (Å²) in [5, 5.41) is -0.666. The second-order valence-electron chi connectivity index (χ2n) is 5.56. The van der Waals surface area contributed by atoms with E-state index in [9.17, 15) is 13.2 Å². The predicted octanol–water partition coefficient (Wildman–Crippen LogP) is -0.644. The zero-order chi connectivity index (χ0) is 14.8. The third-order valence-electron chi connectivity index (χ3n) is 3.89. The van der Waals surface area contributed by atoms with Crippen molar-refractivity contribution in [1.82, 2.24) is 9.80 Å². The summed E-state index contributed by atoms with van der Waals surface area (Å²) in [6, 6.07) is 0.233. The SMILES string of the molecule is CS(=O)(=O)C1CSCCN1C(=O)CN1CCC(N)CC1. The molecule has 0 saturated carbocycles. The topological polar surface area (TPSA) is 83.7 Å². The molecule has 2 rings (SSSR count). The summed E-state index contributed by atoms with van der Waals surface area (Å²) in [6.45, 7) is 2.47. The van der Waals surface area contributed by atoms with Crippen LogP contribution in [0.15, 0.2) is 0 Å². The van der Waals surface area contributed by atoms with E-state index in [1.807, 2.05) is 0 Å². The van der Waals surface area contributed by atoms with Crippen LogP contribution in [0.3, 0.4) is 0 Å². The van der Waals surface area contributed by atoms with Gasteiger partial charge in [-0.1, -0.05) is 0 Å². The molecule has 8 heteroatoms. The average molecular weight is 321 g/mol. The smallest absolute Gasteiger partial charge is 0.237 e. The molecule has 6 nitrogen and oxygen atoms in total. The van der Waals surface area contributed by atoms with Crippen molar-refractivity contribution in [2.24, 2.45) is 5.73 Å². The van der Waals surface area contributed by atoms with E-state index < -0.39 is 15.2 Å². The standard InChI is InChI=1S/C12H23N3O3S2/c1-20(17,18)12-9-19-7-6-15(12)11(16)8-14-4-2-10(13)3-5-14/h10,12H,2-9,13H2,1H3. The highest BCUT2D eigenvalue weighted by Gasteiger charge is 2.34. The Bertz CT molecular complexity index is 447. The minimum atomic E-state index is -3.22. The molecule has 0 aromatic rings. The predicted molar refractivity (Wildman–Crippen MR) is 81.3 cm³/mol. The number of likely N-dealkylation sites (tertiary alicyclic amines) is 1. The summed E-state index contributed by atoms with van der Waals surface area (Å²) < 4.78 is 23.6. The van der Waals surface area contributed by atoms with Gasteiger partial charge >= 0.3 is 0 Å². The summed E-state index contributed by atoms with van der Waals surface area (Å²) in [5.41, 5.74) is 5.85. The highest BCUT2D eigenvalue weighted by Crippen LogP contribution is 2.21. The van der Waals surface area contributed by atoms with Crippen molar-refractivity contribution >= 4 is 27.5 Å². The van der Waals surface area contributed by atoms with Crippen molar-refractivity contribution in [2.75, 3.05) is 43.9 Å². The molecule has 1 amide bonds. The van der Waals surface area contributed by atoms with Crippen LogP contribution in [0, 0.1) is 0 Å². The van der Waals surface area contributed by atoms with Gasteiger partial charge in [0.1, 0.15) is 5.37 Å². The fraction of sp³-hybridized carbons (Fsp3) is 0.917. The van der Waals surface area contributed by atoms with Gasteiger partial charge in [0.2, 0.25) is 5.91 Å². The van der Waals surface area contributed by atoms with Crippen LogP contribution in [0.25, 0.3) is 0 Å². The molecule has 0 bridgehead atoms. The monoisotopic (exact) mass is 321 g/mol. The van der Waals surface area contributed by atoms with Gasteiger partial charge in [0.25, 0.3) is 0 Å². The lowest BCUT2D eigenvalue weighted by molar-refractivity contribution is -0.133. The number of carbonyl (C=O) groups is 1. The van der Waals surface area contributed by atoms with Crippen LogP contribution in [-0.2, 0) is 14.6 Å². The average Bonchev–Trinajstić information content (AvgIpc) is 2.40. The molecule has 2 saturated heterocycles. The Hall–Kier alpha value is -0.310. The number of nitrogens with zero attached hydrogens (tertiary/aromatic N) is 2. The summed E-state index contributed by atoms with van der Waals surface area (Å²) in [7, 11) is -3.22. The first kappa shape index (κ1) is 16.1. The van der Waals surface area contributed by atoms with Crippen LogP contribution in [0.4, 0.5) is 0 Å². The first-order chi connectivity index (χ1) is 9.38. The Morgan fingerprint density at radius 3 is 2.55 bits per heavy atom. The first-order valence-corrected chi connectivity index (χ1v) is 10.0. The number of amides is 1. The Morgan fingerprint density at radius 1 is 1.30 bits per heavy atom. The quantitative estimate of drug-likeness (QED) is 0.744. The van der Waals surface area contributed by atoms with Crippen molar-refractivity contribution in [3.63, 3.8) is 0 Å². The van der Waals surface area contributed by atoms with E-state index in [0.29, 0.717) is 18.8 Å². The maximum Gasteiger partial charge on any atom is 0.237 e. The number of rotatable bonds is 3. The molecule has 1 unspecified atom stereocenters. The molecule has 2 aliphatic rings. The Balaban J connectivity index is 1.96. The molecule has 2 N–H and O–H groups in total. The molecule has 2 aliphatic heterocycles. The van der Waals surface area contributed by atoms with Gasteiger partial charge in [0.15, 0.2) is 9.84 Å². The fourth-order valence-corrected chi connectivity index (χ4v) is 5.45. The fourth-order valence-electron chi connectivity index (χ4n) is 2.61. The minimum Gasteiger partial charge on any atom is -0.328 e. The Morgan fingerprint density at radius 2 is 1.95 bits per heavy atom. The number of hydrogen-bond donors (Lipinski definition) is 1. The van der Waals surface area contributed by atoms with Crippen LogP contribution >= 0.6 is 11.8 Å². The largest absolute Gasteiger partial charge is 0.328 e. The van der Waals surface area contributed by atoms with Crippen LogP contribution in [0.1, 0.15) is 12.8 Å². The Kier molecular flexibility index (Phi) is 5.33. The van der Waals surface area contributed by atoms with Crippen molar-refractivity contribution in [2.45, 2.75) is 24.3 Å². The molecule has 2 fully saturated rings. The number of thioether (sulfide) groups is 1. The number of hydrogen-bond acceptors (Lipinski definition) is 6. The van der Waals surface area contributed by atoms with Crippen molar-refractivity contribution < 1.29 is 13.2 Å². The number of sulfone groups is 1. The maximum absolute atomic E-state index is 12.4. The molecule has 0 aromatic heterocycles. The second-order valence-corrected chi connectivity index (χ2v) is 8.91. The normalized spacial score (nSPS) is 26.7. The number of nitrogens with two attached hydrogens (primary N) is 1. The third-order valence-corrected chi connectivity index (χ3v) is 6.53.